The second-order valence-corrected chi connectivity index (χ2v) is 12.3. The second kappa shape index (κ2) is 10.6. The summed E-state index contributed by atoms with van der Waals surface area (Å²) >= 11 is 0. The Labute approximate surface area is 212 Å². The van der Waals surface area contributed by atoms with Crippen molar-refractivity contribution in [2.45, 2.75) is 115 Å². The van der Waals surface area contributed by atoms with Gasteiger partial charge in [-0.3, -0.25) is 9.59 Å². The summed E-state index contributed by atoms with van der Waals surface area (Å²) in [6.07, 6.45) is 16.3. The summed E-state index contributed by atoms with van der Waals surface area (Å²) < 4.78 is 5.48. The molecule has 0 aromatic heterocycles. The maximum atomic E-state index is 13.4. The molecule has 4 aliphatic rings. The van der Waals surface area contributed by atoms with Gasteiger partial charge in [-0.2, -0.15) is 0 Å². The number of aryl methyl sites for hydroxylation is 1. The van der Waals surface area contributed by atoms with Gasteiger partial charge in [0.2, 0.25) is 5.91 Å². The summed E-state index contributed by atoms with van der Waals surface area (Å²) in [4.78, 5) is 25.8. The van der Waals surface area contributed by atoms with Crippen LogP contribution in [0.3, 0.4) is 0 Å². The number of methoxy groups -OCH3 is 1. The van der Waals surface area contributed by atoms with Gasteiger partial charge < -0.3 is 10.1 Å². The first-order valence-corrected chi connectivity index (χ1v) is 14.5. The van der Waals surface area contributed by atoms with E-state index in [0.717, 1.165) is 63.5 Å². The van der Waals surface area contributed by atoms with E-state index in [0.29, 0.717) is 41.9 Å². The molecular weight excluding hydrogens is 434 g/mol. The number of benzene rings is 1. The fraction of sp³-hybridized carbons (Fsp3) is 0.742. The third kappa shape index (κ3) is 5.18. The molecule has 5 rings (SSSR count). The van der Waals surface area contributed by atoms with Crippen LogP contribution in [0.1, 0.15) is 114 Å². The van der Waals surface area contributed by atoms with E-state index in [2.05, 4.69) is 30.4 Å². The zero-order valence-electron chi connectivity index (χ0n) is 22.0. The minimum Gasteiger partial charge on any atom is -0.497 e. The number of amides is 1. The molecule has 1 aromatic rings. The van der Waals surface area contributed by atoms with E-state index in [4.69, 9.17) is 4.74 Å². The van der Waals surface area contributed by atoms with Crippen LogP contribution in [-0.4, -0.2) is 24.8 Å². The Morgan fingerprint density at radius 1 is 1.11 bits per heavy atom. The van der Waals surface area contributed by atoms with Gasteiger partial charge in [-0.15, -0.1) is 0 Å². The maximum Gasteiger partial charge on any atom is 0.220 e. The van der Waals surface area contributed by atoms with Crippen LogP contribution in [0.15, 0.2) is 18.2 Å². The summed E-state index contributed by atoms with van der Waals surface area (Å²) in [5.41, 5.74) is 2.85. The lowest BCUT2D eigenvalue weighted by Crippen LogP contribution is -2.51. The molecule has 35 heavy (non-hydrogen) atoms. The number of rotatable bonds is 7. The minimum atomic E-state index is -0.123. The number of ether oxygens (including phenoxy) is 1. The van der Waals surface area contributed by atoms with Crippen LogP contribution in [-0.2, 0) is 16.0 Å². The number of hydrogen-bond acceptors (Lipinski definition) is 3. The Kier molecular flexibility index (Phi) is 7.55. The normalized spacial score (nSPS) is 32.8. The smallest absolute Gasteiger partial charge is 0.220 e. The summed E-state index contributed by atoms with van der Waals surface area (Å²) in [5, 5.41) is 3.25. The highest BCUT2D eigenvalue weighted by Crippen LogP contribution is 2.59. The van der Waals surface area contributed by atoms with Gasteiger partial charge in [0.05, 0.1) is 7.11 Å². The first-order chi connectivity index (χ1) is 17.0. The van der Waals surface area contributed by atoms with Crippen LogP contribution in [0.4, 0.5) is 0 Å². The van der Waals surface area contributed by atoms with Crippen molar-refractivity contribution in [2.24, 2.45) is 23.2 Å². The third-order valence-electron chi connectivity index (χ3n) is 10.3. The van der Waals surface area contributed by atoms with Crippen LogP contribution in [0, 0.1) is 23.2 Å². The number of hydrogen-bond donors (Lipinski definition) is 1. The number of unbranched alkanes of at least 4 members (excludes halogenated alkanes) is 1. The van der Waals surface area contributed by atoms with Gasteiger partial charge in [0.25, 0.3) is 0 Å². The summed E-state index contributed by atoms with van der Waals surface area (Å²) in [5.74, 6) is 3.95. The van der Waals surface area contributed by atoms with E-state index >= 15 is 0 Å². The second-order valence-electron chi connectivity index (χ2n) is 12.3. The molecule has 0 aliphatic heterocycles. The highest BCUT2D eigenvalue weighted by Gasteiger charge is 2.54. The Balaban J connectivity index is 1.16. The SMILES string of the molecule is COc1ccc2c(c1)CCC1C2CCC2(C)C(=O)CC(CCCCC(=O)NC3CCCCC3)CC12. The molecule has 4 aliphatic carbocycles. The molecule has 4 nitrogen and oxygen atoms in total. The fourth-order valence-electron chi connectivity index (χ4n) is 8.21. The fourth-order valence-corrected chi connectivity index (χ4v) is 8.21. The highest BCUT2D eigenvalue weighted by atomic mass is 16.5. The molecule has 3 saturated carbocycles. The molecule has 1 aromatic carbocycles. The van der Waals surface area contributed by atoms with Gasteiger partial charge in [-0.05, 0) is 105 Å². The monoisotopic (exact) mass is 479 g/mol. The number of Topliss-reactive ketones (excluding diaryl/α,β-unsaturated/α-hetero) is 1. The summed E-state index contributed by atoms with van der Waals surface area (Å²) in [6.45, 7) is 2.28. The third-order valence-corrected chi connectivity index (χ3v) is 10.3. The molecule has 1 N–H and O–H groups in total. The zero-order valence-corrected chi connectivity index (χ0v) is 22.0. The van der Waals surface area contributed by atoms with Crippen molar-refractivity contribution >= 4 is 11.7 Å². The summed E-state index contributed by atoms with van der Waals surface area (Å²) in [6, 6.07) is 7.06. The molecule has 5 atom stereocenters. The quantitative estimate of drug-likeness (QED) is 0.440. The molecule has 192 valence electrons. The Bertz CT molecular complexity index is 920. The molecule has 4 heteroatoms. The summed E-state index contributed by atoms with van der Waals surface area (Å²) in [7, 11) is 1.75. The van der Waals surface area contributed by atoms with E-state index in [1.165, 1.54) is 43.2 Å². The van der Waals surface area contributed by atoms with Crippen molar-refractivity contribution in [3.8, 4) is 5.75 Å². The predicted molar refractivity (Wildman–Crippen MR) is 140 cm³/mol. The maximum absolute atomic E-state index is 13.4. The highest BCUT2D eigenvalue weighted by molar-refractivity contribution is 5.86. The molecular formula is C31H45NO3. The van der Waals surface area contributed by atoms with Crippen molar-refractivity contribution in [2.75, 3.05) is 7.11 Å². The Morgan fingerprint density at radius 2 is 1.94 bits per heavy atom. The van der Waals surface area contributed by atoms with Crippen LogP contribution in [0.2, 0.25) is 0 Å². The van der Waals surface area contributed by atoms with E-state index in [1.54, 1.807) is 7.11 Å². The van der Waals surface area contributed by atoms with Gasteiger partial charge >= 0.3 is 0 Å². The number of carbonyl (C=O) groups is 2. The van der Waals surface area contributed by atoms with Crippen molar-refractivity contribution in [1.82, 2.24) is 5.32 Å². The molecule has 5 unspecified atom stereocenters. The van der Waals surface area contributed by atoms with Crippen LogP contribution in [0.25, 0.3) is 0 Å². The average molecular weight is 480 g/mol. The molecule has 0 saturated heterocycles. The van der Waals surface area contributed by atoms with E-state index in [-0.39, 0.29) is 11.3 Å². The van der Waals surface area contributed by atoms with Gasteiger partial charge in [-0.1, -0.05) is 38.7 Å². The van der Waals surface area contributed by atoms with Crippen LogP contribution >= 0.6 is 0 Å². The standard InChI is InChI=1S/C31H45NO3/c1-31-17-16-26-25-15-13-24(35-2)20-22(25)12-14-27(26)28(31)18-21(19-29(31)33)8-6-7-11-30(34)32-23-9-4-3-5-10-23/h13,15,20-21,23,26-28H,3-12,14,16-19H2,1-2H3,(H,32,34). The van der Waals surface area contributed by atoms with Crippen molar-refractivity contribution < 1.29 is 14.3 Å². The first-order valence-electron chi connectivity index (χ1n) is 14.5. The lowest BCUT2D eigenvalue weighted by molar-refractivity contribution is -0.143. The Morgan fingerprint density at radius 3 is 2.74 bits per heavy atom. The van der Waals surface area contributed by atoms with Gasteiger partial charge in [0.15, 0.2) is 0 Å². The number of ketones is 1. The van der Waals surface area contributed by atoms with Gasteiger partial charge in [0.1, 0.15) is 11.5 Å². The van der Waals surface area contributed by atoms with Crippen molar-refractivity contribution in [1.29, 1.82) is 0 Å². The van der Waals surface area contributed by atoms with E-state index < -0.39 is 0 Å². The minimum absolute atomic E-state index is 0.123. The van der Waals surface area contributed by atoms with Crippen LogP contribution < -0.4 is 10.1 Å². The van der Waals surface area contributed by atoms with Crippen molar-refractivity contribution in [3.05, 3.63) is 29.3 Å². The zero-order chi connectivity index (χ0) is 24.4. The molecule has 0 heterocycles. The molecule has 0 spiro atoms. The van der Waals surface area contributed by atoms with Crippen LogP contribution in [0.5, 0.6) is 5.75 Å². The largest absolute Gasteiger partial charge is 0.497 e. The van der Waals surface area contributed by atoms with E-state index in [9.17, 15) is 9.59 Å². The average Bonchev–Trinajstić information content (AvgIpc) is 2.87. The lowest BCUT2D eigenvalue weighted by Gasteiger charge is -2.54. The predicted octanol–water partition coefficient (Wildman–Crippen LogP) is 6.75. The number of fused-ring (bicyclic) bond motifs is 5. The molecule has 3 fully saturated rings. The topological polar surface area (TPSA) is 55.4 Å². The number of nitrogens with one attached hydrogen (secondary N) is 1. The molecule has 0 radical (unpaired) electrons. The lowest BCUT2D eigenvalue weighted by atomic mass is 9.49. The molecule has 1 amide bonds. The number of carbonyl (C=O) groups excluding carboxylic acids is 2. The van der Waals surface area contributed by atoms with Crippen molar-refractivity contribution in [3.63, 3.8) is 0 Å². The van der Waals surface area contributed by atoms with E-state index in [1.807, 2.05) is 0 Å². The Hall–Kier alpha value is -1.84. The first kappa shape index (κ1) is 24.8. The van der Waals surface area contributed by atoms with Gasteiger partial charge in [0, 0.05) is 24.3 Å². The van der Waals surface area contributed by atoms with Gasteiger partial charge in [-0.25, -0.2) is 0 Å². The molecule has 0 bridgehead atoms.